The summed E-state index contributed by atoms with van der Waals surface area (Å²) < 4.78 is 0.737. The number of hydrogen-bond donors (Lipinski definition) is 2. The molecule has 0 spiro atoms. The van der Waals surface area contributed by atoms with E-state index in [9.17, 15) is 9.59 Å². The molecule has 0 aliphatic rings. The van der Waals surface area contributed by atoms with Crippen molar-refractivity contribution in [1.29, 1.82) is 0 Å². The van der Waals surface area contributed by atoms with Gasteiger partial charge in [0.15, 0.2) is 0 Å². The lowest BCUT2D eigenvalue weighted by Crippen LogP contribution is -2.14. The van der Waals surface area contributed by atoms with E-state index in [2.05, 4.69) is 26.6 Å². The van der Waals surface area contributed by atoms with E-state index in [1.54, 1.807) is 30.3 Å². The van der Waals surface area contributed by atoms with Gasteiger partial charge in [0.25, 0.3) is 11.8 Å². The number of carbonyl (C=O) groups excluding carboxylic acids is 2. The van der Waals surface area contributed by atoms with Crippen molar-refractivity contribution in [1.82, 2.24) is 0 Å². The Hall–Kier alpha value is -2.92. The number of hydrogen-bond acceptors (Lipinski definition) is 2. The smallest absolute Gasteiger partial charge is 0.256 e. The Morgan fingerprint density at radius 1 is 0.808 bits per heavy atom. The summed E-state index contributed by atoms with van der Waals surface area (Å²) in [5.41, 5.74) is 3.39. The topological polar surface area (TPSA) is 58.2 Å². The standard InChI is InChI=1S/C21H17BrN2O2/c1-14-13-16(23-21(26)17-9-5-6-10-18(17)22)11-12-19(14)24-20(25)15-7-3-2-4-8-15/h2-13H,1H3,(H,23,26)(H,24,25). The number of anilines is 2. The molecular weight excluding hydrogens is 392 g/mol. The van der Waals surface area contributed by atoms with E-state index < -0.39 is 0 Å². The molecule has 0 radical (unpaired) electrons. The molecule has 2 N–H and O–H groups in total. The zero-order chi connectivity index (χ0) is 18.5. The molecule has 2 amide bonds. The van der Waals surface area contributed by atoms with E-state index >= 15 is 0 Å². The number of benzene rings is 3. The lowest BCUT2D eigenvalue weighted by molar-refractivity contribution is 0.101. The lowest BCUT2D eigenvalue weighted by Gasteiger charge is -2.12. The van der Waals surface area contributed by atoms with Crippen molar-refractivity contribution >= 4 is 39.1 Å². The molecule has 3 aromatic rings. The first kappa shape index (κ1) is 17.9. The Kier molecular flexibility index (Phi) is 5.49. The summed E-state index contributed by atoms with van der Waals surface area (Å²) in [6.07, 6.45) is 0. The Balaban J connectivity index is 1.72. The van der Waals surface area contributed by atoms with E-state index in [1.165, 1.54) is 0 Å². The number of nitrogens with one attached hydrogen (secondary N) is 2. The Morgan fingerprint density at radius 3 is 2.19 bits per heavy atom. The summed E-state index contributed by atoms with van der Waals surface area (Å²) in [5.74, 6) is -0.364. The highest BCUT2D eigenvalue weighted by Gasteiger charge is 2.11. The van der Waals surface area contributed by atoms with Crippen LogP contribution in [0.25, 0.3) is 0 Å². The third-order valence-corrected chi connectivity index (χ3v) is 4.58. The SMILES string of the molecule is Cc1cc(NC(=O)c2ccccc2Br)ccc1NC(=O)c1ccccc1. The molecule has 0 saturated heterocycles. The van der Waals surface area contributed by atoms with Gasteiger partial charge in [0, 0.05) is 21.4 Å². The molecule has 0 aromatic heterocycles. The molecule has 0 fully saturated rings. The van der Waals surface area contributed by atoms with Crippen LogP contribution >= 0.6 is 15.9 Å². The minimum atomic E-state index is -0.196. The number of rotatable bonds is 4. The van der Waals surface area contributed by atoms with Crippen LogP contribution in [0, 0.1) is 6.92 Å². The van der Waals surface area contributed by atoms with E-state index in [0.717, 1.165) is 10.0 Å². The maximum Gasteiger partial charge on any atom is 0.256 e. The summed E-state index contributed by atoms with van der Waals surface area (Å²) in [6.45, 7) is 1.88. The Bertz CT molecular complexity index is 955. The van der Waals surface area contributed by atoms with E-state index in [4.69, 9.17) is 0 Å². The van der Waals surface area contributed by atoms with Crippen molar-refractivity contribution in [3.8, 4) is 0 Å². The average molecular weight is 409 g/mol. The molecular formula is C21H17BrN2O2. The number of carbonyl (C=O) groups is 2. The molecule has 4 nitrogen and oxygen atoms in total. The fourth-order valence-corrected chi connectivity index (χ4v) is 2.97. The summed E-state index contributed by atoms with van der Waals surface area (Å²) in [6, 6.07) is 21.7. The summed E-state index contributed by atoms with van der Waals surface area (Å²) in [4.78, 5) is 24.6. The fraction of sp³-hybridized carbons (Fsp3) is 0.0476. The van der Waals surface area contributed by atoms with Crippen molar-refractivity contribution < 1.29 is 9.59 Å². The lowest BCUT2D eigenvalue weighted by atomic mass is 10.1. The van der Waals surface area contributed by atoms with Gasteiger partial charge in [-0.15, -0.1) is 0 Å². The predicted octanol–water partition coefficient (Wildman–Crippen LogP) is 5.26. The first-order chi connectivity index (χ1) is 12.5. The molecule has 5 heteroatoms. The van der Waals surface area contributed by atoms with Crippen molar-refractivity contribution in [3.63, 3.8) is 0 Å². The maximum absolute atomic E-state index is 12.4. The Labute approximate surface area is 160 Å². The fourth-order valence-electron chi connectivity index (χ4n) is 2.51. The third kappa shape index (κ3) is 4.18. The van der Waals surface area contributed by atoms with E-state index in [0.29, 0.717) is 22.5 Å². The van der Waals surface area contributed by atoms with Crippen LogP contribution in [-0.4, -0.2) is 11.8 Å². The van der Waals surface area contributed by atoms with Gasteiger partial charge < -0.3 is 10.6 Å². The van der Waals surface area contributed by atoms with Gasteiger partial charge in [-0.2, -0.15) is 0 Å². The van der Waals surface area contributed by atoms with Crippen LogP contribution in [0.15, 0.2) is 77.3 Å². The highest BCUT2D eigenvalue weighted by atomic mass is 79.9. The van der Waals surface area contributed by atoms with Crippen LogP contribution in [0.2, 0.25) is 0 Å². The minimum Gasteiger partial charge on any atom is -0.322 e. The molecule has 130 valence electrons. The number of amides is 2. The van der Waals surface area contributed by atoms with Crippen LogP contribution < -0.4 is 10.6 Å². The van der Waals surface area contributed by atoms with Gasteiger partial charge in [-0.1, -0.05) is 30.3 Å². The summed E-state index contributed by atoms with van der Waals surface area (Å²) >= 11 is 3.38. The highest BCUT2D eigenvalue weighted by molar-refractivity contribution is 9.10. The van der Waals surface area contributed by atoms with Gasteiger partial charge in [-0.05, 0) is 70.9 Å². The average Bonchev–Trinajstić information content (AvgIpc) is 2.65. The molecule has 0 aliphatic heterocycles. The second-order valence-corrected chi connectivity index (χ2v) is 6.64. The van der Waals surface area contributed by atoms with Gasteiger partial charge >= 0.3 is 0 Å². The molecule has 3 aromatic carbocycles. The molecule has 0 aliphatic carbocycles. The molecule has 3 rings (SSSR count). The summed E-state index contributed by atoms with van der Waals surface area (Å²) in [7, 11) is 0. The van der Waals surface area contributed by atoms with Crippen LogP contribution in [-0.2, 0) is 0 Å². The van der Waals surface area contributed by atoms with Crippen LogP contribution in [0.1, 0.15) is 26.3 Å². The van der Waals surface area contributed by atoms with Gasteiger partial charge in [0.1, 0.15) is 0 Å². The Morgan fingerprint density at radius 2 is 1.50 bits per heavy atom. The number of halogens is 1. The second kappa shape index (κ2) is 7.97. The molecule has 0 bridgehead atoms. The van der Waals surface area contributed by atoms with Crippen molar-refractivity contribution in [2.24, 2.45) is 0 Å². The van der Waals surface area contributed by atoms with Gasteiger partial charge in [-0.25, -0.2) is 0 Å². The zero-order valence-electron chi connectivity index (χ0n) is 14.1. The quantitative estimate of drug-likeness (QED) is 0.618. The molecule has 0 saturated carbocycles. The van der Waals surface area contributed by atoms with Crippen molar-refractivity contribution in [2.75, 3.05) is 10.6 Å². The van der Waals surface area contributed by atoms with Crippen LogP contribution in [0.4, 0.5) is 11.4 Å². The van der Waals surface area contributed by atoms with E-state index in [1.807, 2.05) is 49.4 Å². The molecule has 0 heterocycles. The highest BCUT2D eigenvalue weighted by Crippen LogP contribution is 2.22. The third-order valence-electron chi connectivity index (χ3n) is 3.89. The largest absolute Gasteiger partial charge is 0.322 e. The first-order valence-corrected chi connectivity index (χ1v) is 8.87. The zero-order valence-corrected chi connectivity index (χ0v) is 15.7. The number of aryl methyl sites for hydroxylation is 1. The molecule has 26 heavy (non-hydrogen) atoms. The first-order valence-electron chi connectivity index (χ1n) is 8.07. The second-order valence-electron chi connectivity index (χ2n) is 5.78. The minimum absolute atomic E-state index is 0.168. The van der Waals surface area contributed by atoms with Crippen molar-refractivity contribution in [3.05, 3.63) is 94.0 Å². The molecule has 0 unspecified atom stereocenters. The van der Waals surface area contributed by atoms with Gasteiger partial charge in [-0.3, -0.25) is 9.59 Å². The normalized spacial score (nSPS) is 10.2. The predicted molar refractivity (Wildman–Crippen MR) is 108 cm³/mol. The van der Waals surface area contributed by atoms with Crippen LogP contribution in [0.3, 0.4) is 0 Å². The van der Waals surface area contributed by atoms with Crippen molar-refractivity contribution in [2.45, 2.75) is 6.92 Å². The monoisotopic (exact) mass is 408 g/mol. The maximum atomic E-state index is 12.4. The van der Waals surface area contributed by atoms with Gasteiger partial charge in [0.05, 0.1) is 5.56 Å². The van der Waals surface area contributed by atoms with E-state index in [-0.39, 0.29) is 11.8 Å². The summed E-state index contributed by atoms with van der Waals surface area (Å²) in [5, 5.41) is 5.76. The molecule has 0 atom stereocenters. The van der Waals surface area contributed by atoms with Crippen LogP contribution in [0.5, 0.6) is 0 Å². The van der Waals surface area contributed by atoms with Gasteiger partial charge in [0.2, 0.25) is 0 Å².